The number of carbonyl (C=O) groups is 1. The molecule has 0 aromatic carbocycles. The van der Waals surface area contributed by atoms with Crippen LogP contribution in [0.5, 0.6) is 0 Å². The summed E-state index contributed by atoms with van der Waals surface area (Å²) in [4.78, 5) is 14.5. The van der Waals surface area contributed by atoms with E-state index in [4.69, 9.17) is 0 Å². The molecule has 5 heteroatoms. The topological polar surface area (TPSA) is 68.0 Å². The molecule has 0 bridgehead atoms. The predicted molar refractivity (Wildman–Crippen MR) is 33.6 cm³/mol. The molecular formula is C6H6N3O2. The van der Waals surface area contributed by atoms with Crippen molar-refractivity contribution in [1.82, 2.24) is 15.5 Å². The lowest BCUT2D eigenvalue weighted by atomic mass is 10.5. The van der Waals surface area contributed by atoms with Gasteiger partial charge in [-0.15, -0.1) is 0 Å². The Morgan fingerprint density at radius 1 is 1.73 bits per heavy atom. The minimum Gasteiger partial charge on any atom is -0.346 e. The van der Waals surface area contributed by atoms with Gasteiger partial charge in [-0.2, -0.15) is 4.98 Å². The predicted octanol–water partition coefficient (Wildman–Crippen LogP) is -0.238. The van der Waals surface area contributed by atoms with Crippen molar-refractivity contribution < 1.29 is 9.32 Å². The Kier molecular flexibility index (Phi) is 1.34. The Bertz CT molecular complexity index is 253. The van der Waals surface area contributed by atoms with Crippen molar-refractivity contribution >= 4 is 5.91 Å². The SMILES string of the molecule is O=C(NC1CC1)c1n[c]on1. The van der Waals surface area contributed by atoms with Crippen LogP contribution in [0.25, 0.3) is 0 Å². The van der Waals surface area contributed by atoms with Crippen LogP contribution in [0, 0.1) is 6.39 Å². The molecule has 1 aliphatic rings. The third kappa shape index (κ3) is 1.36. The molecule has 1 N–H and O–H groups in total. The maximum Gasteiger partial charge on any atom is 0.316 e. The first-order chi connectivity index (χ1) is 5.36. The number of hydrogen-bond acceptors (Lipinski definition) is 4. The summed E-state index contributed by atoms with van der Waals surface area (Å²) in [7, 11) is 0. The lowest BCUT2D eigenvalue weighted by molar-refractivity contribution is 0.0937. The zero-order valence-electron chi connectivity index (χ0n) is 5.70. The Balaban J connectivity index is 1.99. The van der Waals surface area contributed by atoms with E-state index in [2.05, 4.69) is 26.4 Å². The van der Waals surface area contributed by atoms with E-state index in [1.165, 1.54) is 0 Å². The van der Waals surface area contributed by atoms with Crippen molar-refractivity contribution in [3.63, 3.8) is 0 Å². The summed E-state index contributed by atoms with van der Waals surface area (Å²) in [6.45, 7) is 0. The lowest BCUT2D eigenvalue weighted by Crippen LogP contribution is -2.26. The average Bonchev–Trinajstić information content (AvgIpc) is 2.67. The molecule has 1 heterocycles. The Labute approximate surface area is 62.8 Å². The number of aromatic nitrogens is 2. The number of rotatable bonds is 2. The fraction of sp³-hybridized carbons (Fsp3) is 0.500. The lowest BCUT2D eigenvalue weighted by Gasteiger charge is -1.95. The van der Waals surface area contributed by atoms with Gasteiger partial charge in [0, 0.05) is 6.04 Å². The summed E-state index contributed by atoms with van der Waals surface area (Å²) < 4.78 is 4.29. The highest BCUT2D eigenvalue weighted by atomic mass is 16.5. The monoisotopic (exact) mass is 152 g/mol. The maximum absolute atomic E-state index is 11.0. The van der Waals surface area contributed by atoms with Gasteiger partial charge < -0.3 is 9.84 Å². The van der Waals surface area contributed by atoms with Crippen molar-refractivity contribution in [2.24, 2.45) is 0 Å². The van der Waals surface area contributed by atoms with E-state index in [1.54, 1.807) is 0 Å². The van der Waals surface area contributed by atoms with Gasteiger partial charge in [-0.1, -0.05) is 5.16 Å². The third-order valence-corrected chi connectivity index (χ3v) is 1.44. The highest BCUT2D eigenvalue weighted by Crippen LogP contribution is 2.18. The molecule has 1 aromatic heterocycles. The number of nitrogens with one attached hydrogen (secondary N) is 1. The van der Waals surface area contributed by atoms with E-state index in [9.17, 15) is 4.79 Å². The maximum atomic E-state index is 11.0. The zero-order valence-corrected chi connectivity index (χ0v) is 5.70. The van der Waals surface area contributed by atoms with Gasteiger partial charge in [-0.25, -0.2) is 0 Å². The molecule has 1 aliphatic carbocycles. The molecule has 1 fully saturated rings. The third-order valence-electron chi connectivity index (χ3n) is 1.44. The van der Waals surface area contributed by atoms with Crippen LogP contribution in [0.2, 0.25) is 0 Å². The van der Waals surface area contributed by atoms with Gasteiger partial charge in [0.15, 0.2) is 0 Å². The molecule has 0 unspecified atom stereocenters. The average molecular weight is 152 g/mol. The summed E-state index contributed by atoms with van der Waals surface area (Å²) in [5.41, 5.74) is 0. The van der Waals surface area contributed by atoms with Crippen LogP contribution in [0.1, 0.15) is 23.5 Å². The van der Waals surface area contributed by atoms with Gasteiger partial charge in [0.1, 0.15) is 0 Å². The summed E-state index contributed by atoms with van der Waals surface area (Å²) in [6, 6.07) is 0.320. The van der Waals surface area contributed by atoms with Gasteiger partial charge in [0.05, 0.1) is 0 Å². The number of carbonyl (C=O) groups excluding carboxylic acids is 1. The Hall–Kier alpha value is -1.39. The molecule has 11 heavy (non-hydrogen) atoms. The molecule has 2 rings (SSSR count). The van der Waals surface area contributed by atoms with Crippen LogP contribution in [-0.4, -0.2) is 22.1 Å². The normalized spacial score (nSPS) is 16.4. The molecule has 1 amide bonds. The molecule has 0 spiro atoms. The van der Waals surface area contributed by atoms with E-state index < -0.39 is 0 Å². The van der Waals surface area contributed by atoms with Crippen molar-refractivity contribution in [2.75, 3.05) is 0 Å². The molecule has 1 saturated carbocycles. The Morgan fingerprint density at radius 2 is 2.55 bits per heavy atom. The standard InChI is InChI=1S/C6H6N3O2/c10-6(8-4-1-2-4)5-7-3-11-9-5/h4H,1-2H2,(H,8,10). The minimum atomic E-state index is -0.280. The summed E-state index contributed by atoms with van der Waals surface area (Å²) in [5, 5.41) is 6.06. The smallest absolute Gasteiger partial charge is 0.316 e. The highest BCUT2D eigenvalue weighted by Gasteiger charge is 2.25. The summed E-state index contributed by atoms with van der Waals surface area (Å²) in [6.07, 6.45) is 4.21. The molecule has 1 radical (unpaired) electrons. The fourth-order valence-corrected chi connectivity index (χ4v) is 0.718. The van der Waals surface area contributed by atoms with Crippen molar-refractivity contribution in [3.8, 4) is 0 Å². The van der Waals surface area contributed by atoms with Gasteiger partial charge in [-0.3, -0.25) is 4.79 Å². The molecule has 5 nitrogen and oxygen atoms in total. The van der Waals surface area contributed by atoms with E-state index in [-0.39, 0.29) is 11.7 Å². The van der Waals surface area contributed by atoms with E-state index in [0.29, 0.717) is 6.04 Å². The second-order valence-corrected chi connectivity index (χ2v) is 2.46. The zero-order chi connectivity index (χ0) is 7.68. The van der Waals surface area contributed by atoms with Crippen LogP contribution >= 0.6 is 0 Å². The van der Waals surface area contributed by atoms with E-state index in [0.717, 1.165) is 12.8 Å². The fourth-order valence-electron chi connectivity index (χ4n) is 0.718. The molecule has 1 aromatic rings. The van der Waals surface area contributed by atoms with Crippen molar-refractivity contribution in [1.29, 1.82) is 0 Å². The van der Waals surface area contributed by atoms with Crippen LogP contribution in [0.4, 0.5) is 0 Å². The first kappa shape index (κ1) is 6.33. The summed E-state index contributed by atoms with van der Waals surface area (Å²) in [5.74, 6) is -0.227. The van der Waals surface area contributed by atoms with Crippen LogP contribution < -0.4 is 5.32 Å². The molecule has 0 aliphatic heterocycles. The van der Waals surface area contributed by atoms with E-state index >= 15 is 0 Å². The molecule has 57 valence electrons. The first-order valence-corrected chi connectivity index (χ1v) is 3.37. The van der Waals surface area contributed by atoms with Gasteiger partial charge in [0.25, 0.3) is 11.7 Å². The number of hydrogen-bond donors (Lipinski definition) is 1. The van der Waals surface area contributed by atoms with Crippen LogP contribution in [0.3, 0.4) is 0 Å². The van der Waals surface area contributed by atoms with Crippen LogP contribution in [0.15, 0.2) is 4.52 Å². The quantitative estimate of drug-likeness (QED) is 0.635. The second-order valence-electron chi connectivity index (χ2n) is 2.46. The van der Waals surface area contributed by atoms with Crippen molar-refractivity contribution in [2.45, 2.75) is 18.9 Å². The van der Waals surface area contributed by atoms with Gasteiger partial charge in [-0.05, 0) is 12.8 Å². The second kappa shape index (κ2) is 2.34. The largest absolute Gasteiger partial charge is 0.346 e. The Morgan fingerprint density at radius 3 is 3.09 bits per heavy atom. The molecular weight excluding hydrogens is 146 g/mol. The van der Waals surface area contributed by atoms with Gasteiger partial charge >= 0.3 is 6.39 Å². The number of nitrogens with zero attached hydrogens (tertiary/aromatic N) is 2. The minimum absolute atomic E-state index is 0.0527. The van der Waals surface area contributed by atoms with Crippen molar-refractivity contribution in [3.05, 3.63) is 12.2 Å². The van der Waals surface area contributed by atoms with Crippen LogP contribution in [-0.2, 0) is 0 Å². The summed E-state index contributed by atoms with van der Waals surface area (Å²) >= 11 is 0. The molecule has 0 saturated heterocycles. The highest BCUT2D eigenvalue weighted by molar-refractivity contribution is 5.90. The first-order valence-electron chi connectivity index (χ1n) is 3.37. The van der Waals surface area contributed by atoms with Gasteiger partial charge in [0.2, 0.25) is 0 Å². The molecule has 0 atom stereocenters. The number of amides is 1. The van der Waals surface area contributed by atoms with E-state index in [1.807, 2.05) is 0 Å².